The van der Waals surface area contributed by atoms with Crippen LogP contribution in [-0.4, -0.2) is 18.2 Å². The fourth-order valence-corrected chi connectivity index (χ4v) is 3.73. The Hall–Kier alpha value is -3.00. The Morgan fingerprint density at radius 2 is 1.79 bits per heavy atom. The maximum atomic E-state index is 12.0. The summed E-state index contributed by atoms with van der Waals surface area (Å²) in [7, 11) is 1.58. The minimum Gasteiger partial charge on any atom is -0.497 e. The third-order valence-electron chi connectivity index (χ3n) is 4.52. The van der Waals surface area contributed by atoms with Gasteiger partial charge in [0.15, 0.2) is 0 Å². The van der Waals surface area contributed by atoms with Crippen LogP contribution in [0.2, 0.25) is 0 Å². The van der Waals surface area contributed by atoms with Gasteiger partial charge in [-0.2, -0.15) is 0 Å². The molecule has 0 fully saturated rings. The number of hydrogen-bond acceptors (Lipinski definition) is 4. The van der Waals surface area contributed by atoms with E-state index in [0.717, 1.165) is 9.13 Å². The second kappa shape index (κ2) is 8.16. The molecule has 0 aliphatic carbocycles. The first kappa shape index (κ1) is 19.3. The topological polar surface area (TPSA) is 68.9 Å². The lowest BCUT2D eigenvalue weighted by atomic mass is 10.1. The van der Waals surface area contributed by atoms with Crippen molar-refractivity contribution < 1.29 is 23.8 Å². The highest BCUT2D eigenvalue weighted by atomic mass is 127. The molecule has 0 spiro atoms. The highest BCUT2D eigenvalue weighted by Crippen LogP contribution is 2.36. The molecule has 0 bridgehead atoms. The van der Waals surface area contributed by atoms with Crippen molar-refractivity contribution in [3.05, 3.63) is 81.4 Å². The van der Waals surface area contributed by atoms with E-state index in [1.165, 1.54) is 0 Å². The van der Waals surface area contributed by atoms with Crippen LogP contribution in [0.5, 0.6) is 11.5 Å². The van der Waals surface area contributed by atoms with Crippen LogP contribution in [-0.2, 0) is 6.61 Å². The van der Waals surface area contributed by atoms with Gasteiger partial charge >= 0.3 is 5.97 Å². The SMILES string of the molecule is COc1ccc(-c2oc3ccc(OCc4cccc(I)c4)cc3c2C(=O)O)cc1. The summed E-state index contributed by atoms with van der Waals surface area (Å²) in [5.41, 5.74) is 2.32. The van der Waals surface area contributed by atoms with Crippen molar-refractivity contribution in [2.24, 2.45) is 0 Å². The number of carboxylic acid groups (broad SMARTS) is 1. The summed E-state index contributed by atoms with van der Waals surface area (Å²) < 4.78 is 18.1. The van der Waals surface area contributed by atoms with Crippen LogP contribution >= 0.6 is 22.6 Å². The first-order valence-corrected chi connectivity index (χ1v) is 9.94. The van der Waals surface area contributed by atoms with Crippen molar-refractivity contribution in [1.29, 1.82) is 0 Å². The molecule has 0 saturated carbocycles. The summed E-state index contributed by atoms with van der Waals surface area (Å²) in [6, 6.07) is 20.3. The summed E-state index contributed by atoms with van der Waals surface area (Å²) in [5.74, 6) is 0.531. The number of fused-ring (bicyclic) bond motifs is 1. The predicted molar refractivity (Wildman–Crippen MR) is 119 cm³/mol. The minimum absolute atomic E-state index is 0.116. The van der Waals surface area contributed by atoms with Crippen LogP contribution < -0.4 is 9.47 Å². The lowest BCUT2D eigenvalue weighted by Crippen LogP contribution is -1.98. The first-order chi connectivity index (χ1) is 14.0. The second-order valence-corrected chi connectivity index (χ2v) is 7.66. The predicted octanol–water partition coefficient (Wildman–Crippen LogP) is 5.99. The van der Waals surface area contributed by atoms with Gasteiger partial charge in [0.25, 0.3) is 0 Å². The van der Waals surface area contributed by atoms with Crippen LogP contribution in [0.25, 0.3) is 22.3 Å². The third kappa shape index (κ3) is 4.07. The molecule has 3 aromatic carbocycles. The van der Waals surface area contributed by atoms with Gasteiger partial charge in [-0.15, -0.1) is 0 Å². The number of methoxy groups -OCH3 is 1. The molecule has 146 valence electrons. The Morgan fingerprint density at radius 1 is 1.03 bits per heavy atom. The molecule has 0 atom stereocenters. The zero-order valence-corrected chi connectivity index (χ0v) is 17.7. The molecule has 0 radical (unpaired) electrons. The van der Waals surface area contributed by atoms with E-state index in [4.69, 9.17) is 13.9 Å². The number of carbonyl (C=O) groups is 1. The van der Waals surface area contributed by atoms with Gasteiger partial charge in [-0.1, -0.05) is 12.1 Å². The van der Waals surface area contributed by atoms with Crippen molar-refractivity contribution >= 4 is 39.5 Å². The number of carboxylic acids is 1. The fraction of sp³-hybridized carbons (Fsp3) is 0.0870. The van der Waals surface area contributed by atoms with E-state index in [2.05, 4.69) is 22.6 Å². The number of hydrogen-bond donors (Lipinski definition) is 1. The second-order valence-electron chi connectivity index (χ2n) is 6.42. The number of benzene rings is 3. The largest absolute Gasteiger partial charge is 0.497 e. The molecular formula is C23H17IO5. The Bertz CT molecular complexity index is 1180. The molecule has 0 aliphatic heterocycles. The lowest BCUT2D eigenvalue weighted by molar-refractivity contribution is 0.0699. The number of rotatable bonds is 6. The van der Waals surface area contributed by atoms with Crippen LogP contribution in [0.1, 0.15) is 15.9 Å². The lowest BCUT2D eigenvalue weighted by Gasteiger charge is -2.07. The Kier molecular flexibility index (Phi) is 5.44. The van der Waals surface area contributed by atoms with Gasteiger partial charge in [-0.3, -0.25) is 0 Å². The van der Waals surface area contributed by atoms with Gasteiger partial charge in [0.05, 0.1) is 7.11 Å². The molecule has 6 heteroatoms. The average molecular weight is 500 g/mol. The molecular weight excluding hydrogens is 483 g/mol. The van der Waals surface area contributed by atoms with Crippen LogP contribution in [0.4, 0.5) is 0 Å². The molecule has 1 aromatic heterocycles. The van der Waals surface area contributed by atoms with Crippen LogP contribution in [0, 0.1) is 3.57 Å². The zero-order chi connectivity index (χ0) is 20.4. The highest BCUT2D eigenvalue weighted by molar-refractivity contribution is 14.1. The van der Waals surface area contributed by atoms with E-state index in [-0.39, 0.29) is 5.56 Å². The molecule has 0 amide bonds. The molecule has 0 aliphatic rings. The molecule has 0 unspecified atom stereocenters. The fourth-order valence-electron chi connectivity index (χ4n) is 3.12. The van der Waals surface area contributed by atoms with Gasteiger partial charge in [-0.05, 0) is 82.8 Å². The maximum Gasteiger partial charge on any atom is 0.340 e. The molecule has 0 saturated heterocycles. The number of aromatic carboxylic acids is 1. The van der Waals surface area contributed by atoms with Crippen LogP contribution in [0.15, 0.2) is 71.1 Å². The quantitative estimate of drug-likeness (QED) is 0.330. The van der Waals surface area contributed by atoms with Crippen molar-refractivity contribution in [2.75, 3.05) is 7.11 Å². The smallest absolute Gasteiger partial charge is 0.340 e. The summed E-state index contributed by atoms with van der Waals surface area (Å²) in [5, 5.41) is 10.3. The van der Waals surface area contributed by atoms with Crippen LogP contribution in [0.3, 0.4) is 0 Å². The minimum atomic E-state index is -1.05. The number of ether oxygens (including phenoxy) is 2. The summed E-state index contributed by atoms with van der Waals surface area (Å²) in [4.78, 5) is 12.0. The van der Waals surface area contributed by atoms with Gasteiger partial charge in [0.1, 0.15) is 35.0 Å². The number of halogens is 1. The highest BCUT2D eigenvalue weighted by Gasteiger charge is 2.22. The van der Waals surface area contributed by atoms with Gasteiger partial charge in [0, 0.05) is 14.5 Å². The Labute approximate surface area is 181 Å². The van der Waals surface area contributed by atoms with Gasteiger partial charge in [0.2, 0.25) is 0 Å². The summed E-state index contributed by atoms with van der Waals surface area (Å²) >= 11 is 2.25. The van der Waals surface area contributed by atoms with Gasteiger partial charge in [-0.25, -0.2) is 4.79 Å². The molecule has 5 nitrogen and oxygen atoms in total. The van der Waals surface area contributed by atoms with Gasteiger partial charge < -0.3 is 19.0 Å². The molecule has 29 heavy (non-hydrogen) atoms. The van der Waals surface area contributed by atoms with Crippen molar-refractivity contribution in [2.45, 2.75) is 6.61 Å². The normalized spacial score (nSPS) is 10.8. The standard InChI is InChI=1S/C23H17IO5/c1-27-17-7-5-15(6-8-17)22-21(23(25)26)19-12-18(9-10-20(19)29-22)28-13-14-3-2-4-16(24)11-14/h2-12H,13H2,1H3,(H,25,26). The average Bonchev–Trinajstić information content (AvgIpc) is 3.11. The van der Waals surface area contributed by atoms with E-state index in [0.29, 0.717) is 40.4 Å². The van der Waals surface area contributed by atoms with E-state index in [1.54, 1.807) is 49.6 Å². The third-order valence-corrected chi connectivity index (χ3v) is 5.19. The maximum absolute atomic E-state index is 12.0. The molecule has 1 heterocycles. The monoisotopic (exact) mass is 500 g/mol. The van der Waals surface area contributed by atoms with E-state index in [1.807, 2.05) is 24.3 Å². The van der Waals surface area contributed by atoms with Crippen molar-refractivity contribution in [3.63, 3.8) is 0 Å². The molecule has 4 aromatic rings. The van der Waals surface area contributed by atoms with Crippen molar-refractivity contribution in [3.8, 4) is 22.8 Å². The Morgan fingerprint density at radius 3 is 2.48 bits per heavy atom. The van der Waals surface area contributed by atoms with Crippen molar-refractivity contribution in [1.82, 2.24) is 0 Å². The molecule has 4 rings (SSSR count). The first-order valence-electron chi connectivity index (χ1n) is 8.86. The summed E-state index contributed by atoms with van der Waals surface area (Å²) in [6.45, 7) is 0.397. The van der Waals surface area contributed by atoms with E-state index >= 15 is 0 Å². The van der Waals surface area contributed by atoms with E-state index < -0.39 is 5.97 Å². The zero-order valence-electron chi connectivity index (χ0n) is 15.5. The summed E-state index contributed by atoms with van der Waals surface area (Å²) in [6.07, 6.45) is 0. The van der Waals surface area contributed by atoms with E-state index in [9.17, 15) is 9.90 Å². The molecule has 1 N–H and O–H groups in total. The Balaban J connectivity index is 1.70. The number of furan rings is 1.